The molecule has 1 aromatic rings. The number of urea groups is 1. The van der Waals surface area contributed by atoms with Crippen LogP contribution in [0.15, 0.2) is 16.6 Å². The van der Waals surface area contributed by atoms with Crippen LogP contribution in [0.3, 0.4) is 0 Å². The first-order valence-electron chi connectivity index (χ1n) is 5.99. The van der Waals surface area contributed by atoms with Gasteiger partial charge < -0.3 is 15.1 Å². The molecule has 1 heterocycles. The largest absolute Gasteiger partial charge is 0.331 e. The highest BCUT2D eigenvalue weighted by Gasteiger charge is 2.26. The topological polar surface area (TPSA) is 52.7 Å². The van der Waals surface area contributed by atoms with Crippen molar-refractivity contribution in [3.63, 3.8) is 0 Å². The van der Waals surface area contributed by atoms with Crippen LogP contribution in [0, 0.1) is 0 Å². The van der Waals surface area contributed by atoms with Gasteiger partial charge in [0.15, 0.2) is 0 Å². The van der Waals surface area contributed by atoms with E-state index in [1.165, 1.54) is 11.8 Å². The molecule has 102 valence electrons. The maximum Gasteiger partial charge on any atom is 0.321 e. The predicted molar refractivity (Wildman–Crippen MR) is 78.6 cm³/mol. The van der Waals surface area contributed by atoms with Gasteiger partial charge in [0.05, 0.1) is 11.4 Å². The molecule has 0 bridgehead atoms. The molecule has 6 heteroatoms. The van der Waals surface area contributed by atoms with E-state index in [0.29, 0.717) is 12.2 Å². The zero-order chi connectivity index (χ0) is 14.2. The Bertz CT molecular complexity index is 543. The van der Waals surface area contributed by atoms with Gasteiger partial charge in [-0.1, -0.05) is 15.9 Å². The Kier molecular flexibility index (Phi) is 3.80. The van der Waals surface area contributed by atoms with Crippen molar-refractivity contribution in [1.82, 2.24) is 4.90 Å². The van der Waals surface area contributed by atoms with E-state index in [1.54, 1.807) is 19.0 Å². The number of anilines is 2. The van der Waals surface area contributed by atoms with Crippen LogP contribution in [-0.4, -0.2) is 37.5 Å². The molecular formula is C13H16BrN3O2. The van der Waals surface area contributed by atoms with Gasteiger partial charge in [-0.25, -0.2) is 4.79 Å². The van der Waals surface area contributed by atoms with Gasteiger partial charge >= 0.3 is 6.03 Å². The molecule has 1 aromatic carbocycles. The van der Waals surface area contributed by atoms with Crippen molar-refractivity contribution in [3.05, 3.63) is 22.2 Å². The fraction of sp³-hybridized carbons (Fsp3) is 0.385. The lowest BCUT2D eigenvalue weighted by Gasteiger charge is -2.20. The van der Waals surface area contributed by atoms with Crippen LogP contribution in [0.5, 0.6) is 0 Å². The van der Waals surface area contributed by atoms with E-state index in [9.17, 15) is 9.59 Å². The third-order valence-electron chi connectivity index (χ3n) is 3.06. The molecule has 1 aliphatic heterocycles. The van der Waals surface area contributed by atoms with Crippen LogP contribution in [0.1, 0.15) is 12.5 Å². The van der Waals surface area contributed by atoms with E-state index < -0.39 is 0 Å². The molecule has 0 radical (unpaired) electrons. The maximum atomic E-state index is 11.8. The molecule has 0 unspecified atom stereocenters. The Labute approximate surface area is 120 Å². The second-order valence-corrected chi connectivity index (χ2v) is 5.62. The second-order valence-electron chi connectivity index (χ2n) is 4.71. The van der Waals surface area contributed by atoms with Crippen LogP contribution < -0.4 is 10.2 Å². The summed E-state index contributed by atoms with van der Waals surface area (Å²) < 4.78 is 0.894. The van der Waals surface area contributed by atoms with Gasteiger partial charge in [-0.15, -0.1) is 0 Å². The first kappa shape index (κ1) is 13.9. The number of rotatable bonds is 1. The number of hydrogen-bond donors (Lipinski definition) is 1. The summed E-state index contributed by atoms with van der Waals surface area (Å²) in [7, 11) is 3.35. The molecule has 0 saturated heterocycles. The summed E-state index contributed by atoms with van der Waals surface area (Å²) in [4.78, 5) is 26.6. The number of carbonyl (C=O) groups excluding carboxylic acids is 2. The van der Waals surface area contributed by atoms with Gasteiger partial charge in [0.1, 0.15) is 0 Å². The molecule has 1 aliphatic rings. The predicted octanol–water partition coefficient (Wildman–Crippen LogP) is 2.45. The molecule has 0 fully saturated rings. The maximum absolute atomic E-state index is 11.8. The summed E-state index contributed by atoms with van der Waals surface area (Å²) in [5.74, 6) is -0.0126. The molecule has 2 rings (SSSR count). The van der Waals surface area contributed by atoms with E-state index in [-0.39, 0.29) is 11.9 Å². The monoisotopic (exact) mass is 325 g/mol. The minimum absolute atomic E-state index is 0.0126. The van der Waals surface area contributed by atoms with E-state index in [0.717, 1.165) is 22.1 Å². The van der Waals surface area contributed by atoms with E-state index >= 15 is 0 Å². The van der Waals surface area contributed by atoms with Crippen molar-refractivity contribution in [1.29, 1.82) is 0 Å². The summed E-state index contributed by atoms with van der Waals surface area (Å²) in [6, 6.07) is 3.60. The van der Waals surface area contributed by atoms with Gasteiger partial charge in [0, 0.05) is 32.0 Å². The second kappa shape index (κ2) is 5.21. The molecule has 0 aliphatic carbocycles. The van der Waals surface area contributed by atoms with Crippen molar-refractivity contribution < 1.29 is 9.59 Å². The van der Waals surface area contributed by atoms with Crippen molar-refractivity contribution in [2.45, 2.75) is 13.3 Å². The smallest absolute Gasteiger partial charge is 0.321 e. The van der Waals surface area contributed by atoms with Crippen molar-refractivity contribution in [2.75, 3.05) is 30.9 Å². The number of fused-ring (bicyclic) bond motifs is 1. The Hall–Kier alpha value is -1.56. The normalized spacial score (nSPS) is 13.2. The number of amides is 3. The lowest BCUT2D eigenvalue weighted by atomic mass is 10.1. The Morgan fingerprint density at radius 2 is 2.05 bits per heavy atom. The quantitative estimate of drug-likeness (QED) is 0.862. The van der Waals surface area contributed by atoms with Crippen LogP contribution in [0.25, 0.3) is 0 Å². The lowest BCUT2D eigenvalue weighted by Crippen LogP contribution is -2.30. The molecule has 0 spiro atoms. The average molecular weight is 326 g/mol. The van der Waals surface area contributed by atoms with E-state index in [1.807, 2.05) is 12.1 Å². The van der Waals surface area contributed by atoms with Gasteiger partial charge in [-0.3, -0.25) is 4.79 Å². The van der Waals surface area contributed by atoms with Gasteiger partial charge in [-0.05, 0) is 24.1 Å². The number of hydrogen-bond acceptors (Lipinski definition) is 2. The minimum atomic E-state index is -0.212. The van der Waals surface area contributed by atoms with E-state index in [4.69, 9.17) is 0 Å². The van der Waals surface area contributed by atoms with E-state index in [2.05, 4.69) is 21.2 Å². The van der Waals surface area contributed by atoms with Crippen molar-refractivity contribution in [3.8, 4) is 0 Å². The van der Waals surface area contributed by atoms with Crippen LogP contribution in [0.4, 0.5) is 16.2 Å². The van der Waals surface area contributed by atoms with Crippen molar-refractivity contribution in [2.24, 2.45) is 0 Å². The Morgan fingerprint density at radius 1 is 1.37 bits per heavy atom. The first-order chi connectivity index (χ1) is 8.90. The number of halogens is 1. The average Bonchev–Trinajstić information content (AvgIpc) is 2.72. The molecule has 5 nitrogen and oxygen atoms in total. The minimum Gasteiger partial charge on any atom is -0.331 e. The fourth-order valence-corrected chi connectivity index (χ4v) is 2.65. The van der Waals surface area contributed by atoms with Gasteiger partial charge in [-0.2, -0.15) is 0 Å². The highest BCUT2D eigenvalue weighted by Crippen LogP contribution is 2.38. The summed E-state index contributed by atoms with van der Waals surface area (Å²) >= 11 is 3.43. The van der Waals surface area contributed by atoms with Crippen LogP contribution in [0.2, 0.25) is 0 Å². The lowest BCUT2D eigenvalue weighted by molar-refractivity contribution is -0.116. The van der Waals surface area contributed by atoms with Gasteiger partial charge in [0.25, 0.3) is 0 Å². The SMILES string of the molecule is CC(=O)N1CCc2cc(Br)cc(NC(=O)N(C)C)c21. The molecule has 3 amide bonds. The molecular weight excluding hydrogens is 310 g/mol. The molecule has 0 aromatic heterocycles. The molecule has 1 N–H and O–H groups in total. The fourth-order valence-electron chi connectivity index (χ4n) is 2.15. The summed E-state index contributed by atoms with van der Waals surface area (Å²) in [5, 5.41) is 2.83. The third kappa shape index (κ3) is 2.73. The summed E-state index contributed by atoms with van der Waals surface area (Å²) in [6.45, 7) is 2.20. The number of carbonyl (C=O) groups is 2. The van der Waals surface area contributed by atoms with Crippen molar-refractivity contribution >= 4 is 39.2 Å². The summed E-state index contributed by atoms with van der Waals surface area (Å²) in [5.41, 5.74) is 2.54. The number of benzene rings is 1. The molecule has 0 saturated carbocycles. The summed E-state index contributed by atoms with van der Waals surface area (Å²) in [6.07, 6.45) is 0.805. The third-order valence-corrected chi connectivity index (χ3v) is 3.51. The molecule has 0 atom stereocenters. The Morgan fingerprint density at radius 3 is 2.63 bits per heavy atom. The van der Waals surface area contributed by atoms with Gasteiger partial charge in [0.2, 0.25) is 5.91 Å². The Balaban J connectivity index is 2.43. The zero-order valence-electron chi connectivity index (χ0n) is 11.2. The number of nitrogens with one attached hydrogen (secondary N) is 1. The highest BCUT2D eigenvalue weighted by molar-refractivity contribution is 9.10. The standard InChI is InChI=1S/C13H16BrN3O2/c1-8(18)17-5-4-9-6-10(14)7-11(12(9)17)15-13(19)16(2)3/h6-7H,4-5H2,1-3H3,(H,15,19). The first-order valence-corrected chi connectivity index (χ1v) is 6.78. The molecule has 19 heavy (non-hydrogen) atoms. The zero-order valence-corrected chi connectivity index (χ0v) is 12.7. The highest BCUT2D eigenvalue weighted by atomic mass is 79.9. The van der Waals surface area contributed by atoms with Crippen LogP contribution in [-0.2, 0) is 11.2 Å². The number of nitrogens with zero attached hydrogens (tertiary/aromatic N) is 2. The van der Waals surface area contributed by atoms with Crippen LogP contribution >= 0.6 is 15.9 Å².